The van der Waals surface area contributed by atoms with Crippen LogP contribution < -0.4 is 0 Å². The number of hydrogen-bond donors (Lipinski definition) is 1. The van der Waals surface area contributed by atoms with Gasteiger partial charge in [0.05, 0.1) is 26.2 Å². The van der Waals surface area contributed by atoms with Crippen LogP contribution in [0.5, 0.6) is 0 Å². The van der Waals surface area contributed by atoms with Crippen molar-refractivity contribution in [2.24, 2.45) is 0 Å². The molecule has 0 spiro atoms. The number of nitrogens with zero attached hydrogens (tertiary/aromatic N) is 1. The highest BCUT2D eigenvalue weighted by molar-refractivity contribution is 7.94. The summed E-state index contributed by atoms with van der Waals surface area (Å²) in [5.74, 6) is 0. The molecule has 0 aromatic carbocycles. The highest BCUT2D eigenvalue weighted by atomic mass is 32.3. The van der Waals surface area contributed by atoms with E-state index in [0.717, 1.165) is 0 Å². The summed E-state index contributed by atoms with van der Waals surface area (Å²) in [6, 6.07) is 0. The first-order chi connectivity index (χ1) is 15.9. The Bertz CT molecular complexity index is 569. The summed E-state index contributed by atoms with van der Waals surface area (Å²) in [6.45, 7) is 15.2. The van der Waals surface area contributed by atoms with Gasteiger partial charge in [-0.05, 0) is 51.4 Å². The van der Waals surface area contributed by atoms with Crippen LogP contribution in [0, 0.1) is 0 Å². The maximum atomic E-state index is 9.40. The summed E-state index contributed by atoms with van der Waals surface area (Å²) in [6.07, 6.45) is 22.8. The lowest BCUT2D eigenvalue weighted by atomic mass is 10.1. The second kappa shape index (κ2) is 22.0. The molecule has 208 valence electrons. The van der Waals surface area contributed by atoms with Crippen LogP contribution in [-0.2, 0) is 24.4 Å². The molecule has 0 unspecified atom stereocenters. The average Bonchev–Trinajstić information content (AvgIpc) is 2.73. The normalized spacial score (nSPS) is 12.4. The number of unbranched alkanes of at least 4 members (excludes halogenated alkanes) is 12. The lowest BCUT2D eigenvalue weighted by molar-refractivity contribution is -0.929. The molecule has 0 aliphatic rings. The molecular weight excluding hydrogens is 478 g/mol. The zero-order valence-electron chi connectivity index (χ0n) is 22.3. The minimum atomic E-state index is -5.37. The van der Waals surface area contributed by atoms with Gasteiger partial charge in [0.1, 0.15) is 0 Å². The van der Waals surface area contributed by atoms with Crippen molar-refractivity contribution in [2.75, 3.05) is 26.2 Å². The Balaban J connectivity index is 0. The molecule has 0 atom stereocenters. The van der Waals surface area contributed by atoms with Gasteiger partial charge in [-0.3, -0.25) is 4.55 Å². The van der Waals surface area contributed by atoms with E-state index in [0.29, 0.717) is 0 Å². The molecule has 0 aromatic rings. The highest BCUT2D eigenvalue weighted by Crippen LogP contribution is 2.19. The molecule has 0 saturated carbocycles. The molecule has 0 aliphatic heterocycles. The van der Waals surface area contributed by atoms with Crippen LogP contribution in [0.4, 0.5) is 0 Å². The molecule has 0 fully saturated rings. The molecule has 0 heterocycles. The minimum absolute atomic E-state index is 1.36. The molecule has 0 rings (SSSR count). The molecular formula is C24H53NO7S2. The Morgan fingerprint density at radius 2 is 0.824 bits per heavy atom. The van der Waals surface area contributed by atoms with E-state index in [1.165, 1.54) is 133 Å². The van der Waals surface area contributed by atoms with E-state index in [1.807, 2.05) is 0 Å². The van der Waals surface area contributed by atoms with Gasteiger partial charge in [0, 0.05) is 0 Å². The van der Waals surface area contributed by atoms with Crippen molar-refractivity contribution in [3.8, 4) is 0 Å². The average molecular weight is 532 g/mol. The summed E-state index contributed by atoms with van der Waals surface area (Å²) >= 11 is 0. The molecule has 0 amide bonds. The van der Waals surface area contributed by atoms with Crippen molar-refractivity contribution in [2.45, 2.75) is 130 Å². The summed E-state index contributed by atoms with van der Waals surface area (Å²) in [5.41, 5.74) is 0. The zero-order chi connectivity index (χ0) is 26.3. The van der Waals surface area contributed by atoms with E-state index >= 15 is 0 Å². The standard InChI is InChI=1S/C24H52N.H2O7S2/c1-5-9-13-17-21-25(22-18-14-10-6-2,23-19-15-11-7-3)24-20-16-12-8-4;1-8(2,3)7-9(4,5)6/h5-24H2,1-4H3;(H,1,2,3)(H,4,5,6)/q+1;/p-1. The molecule has 0 bridgehead atoms. The number of quaternary nitrogens is 1. The SMILES string of the molecule is CCCCCC[N+](CCCCCC)(CCCCCC)CCCCCC.O=S(=O)([O-])OS(=O)(=O)O. The predicted octanol–water partition coefficient (Wildman–Crippen LogP) is 6.39. The van der Waals surface area contributed by atoms with E-state index in [1.54, 1.807) is 0 Å². The number of rotatable bonds is 22. The van der Waals surface area contributed by atoms with Gasteiger partial charge in [-0.1, -0.05) is 79.1 Å². The minimum Gasteiger partial charge on any atom is -0.725 e. The largest absolute Gasteiger partial charge is 0.725 e. The van der Waals surface area contributed by atoms with Crippen LogP contribution in [0.25, 0.3) is 0 Å². The van der Waals surface area contributed by atoms with Crippen LogP contribution in [0.3, 0.4) is 0 Å². The van der Waals surface area contributed by atoms with Crippen molar-refractivity contribution in [3.05, 3.63) is 0 Å². The number of hydrogen-bond acceptors (Lipinski definition) is 6. The Kier molecular flexibility index (Phi) is 23.2. The first kappa shape index (κ1) is 35.9. The maximum absolute atomic E-state index is 9.40. The quantitative estimate of drug-likeness (QED) is 0.0743. The first-order valence-corrected chi connectivity index (χ1v) is 16.1. The Labute approximate surface area is 211 Å². The van der Waals surface area contributed by atoms with Gasteiger partial charge in [-0.25, -0.2) is 8.42 Å². The summed E-state index contributed by atoms with van der Waals surface area (Å²) < 4.78 is 58.3. The molecule has 0 radical (unpaired) electrons. The molecule has 10 heteroatoms. The molecule has 34 heavy (non-hydrogen) atoms. The smallest absolute Gasteiger partial charge is 0.411 e. The topological polar surface area (TPSA) is 121 Å². The maximum Gasteiger partial charge on any atom is 0.411 e. The van der Waals surface area contributed by atoms with Crippen molar-refractivity contribution in [1.29, 1.82) is 0 Å². The van der Waals surface area contributed by atoms with Gasteiger partial charge < -0.3 is 9.04 Å². The second-order valence-corrected chi connectivity index (χ2v) is 11.6. The van der Waals surface area contributed by atoms with Crippen LogP contribution >= 0.6 is 0 Å². The van der Waals surface area contributed by atoms with Gasteiger partial charge in [0.2, 0.25) is 10.4 Å². The van der Waals surface area contributed by atoms with Crippen molar-refractivity contribution < 1.29 is 34.1 Å². The molecule has 0 aromatic heterocycles. The summed E-state index contributed by atoms with van der Waals surface area (Å²) in [4.78, 5) is 0. The van der Waals surface area contributed by atoms with E-state index in [9.17, 15) is 21.4 Å². The summed E-state index contributed by atoms with van der Waals surface area (Å²) in [5, 5.41) is 0. The first-order valence-electron chi connectivity index (χ1n) is 13.4. The van der Waals surface area contributed by atoms with Gasteiger partial charge >= 0.3 is 10.4 Å². The monoisotopic (exact) mass is 531 g/mol. The van der Waals surface area contributed by atoms with Crippen LogP contribution in [0.1, 0.15) is 130 Å². The van der Waals surface area contributed by atoms with Crippen molar-refractivity contribution in [3.63, 3.8) is 0 Å². The van der Waals surface area contributed by atoms with Crippen LogP contribution in [0.15, 0.2) is 0 Å². The van der Waals surface area contributed by atoms with E-state index in [2.05, 4.69) is 31.3 Å². The zero-order valence-corrected chi connectivity index (χ0v) is 23.9. The lowest BCUT2D eigenvalue weighted by Crippen LogP contribution is -2.50. The van der Waals surface area contributed by atoms with E-state index in [4.69, 9.17) is 4.55 Å². The second-order valence-electron chi connectivity index (χ2n) is 9.38. The highest BCUT2D eigenvalue weighted by Gasteiger charge is 2.25. The van der Waals surface area contributed by atoms with Gasteiger partial charge in [-0.15, -0.1) is 3.63 Å². The Morgan fingerprint density at radius 1 is 0.559 bits per heavy atom. The predicted molar refractivity (Wildman–Crippen MR) is 139 cm³/mol. The molecule has 8 nitrogen and oxygen atoms in total. The molecule has 1 N–H and O–H groups in total. The fraction of sp³-hybridized carbons (Fsp3) is 1.00. The van der Waals surface area contributed by atoms with Gasteiger partial charge in [0.25, 0.3) is 0 Å². The molecule has 0 saturated heterocycles. The van der Waals surface area contributed by atoms with Gasteiger partial charge in [-0.2, -0.15) is 8.42 Å². The lowest BCUT2D eigenvalue weighted by Gasteiger charge is -2.39. The van der Waals surface area contributed by atoms with Crippen LogP contribution in [-0.4, -0.2) is 56.6 Å². The van der Waals surface area contributed by atoms with E-state index < -0.39 is 20.8 Å². The fourth-order valence-electron chi connectivity index (χ4n) is 4.27. The third kappa shape index (κ3) is 26.3. The third-order valence-corrected chi connectivity index (χ3v) is 7.47. The Hall–Kier alpha value is -0.260. The van der Waals surface area contributed by atoms with Crippen molar-refractivity contribution in [1.82, 2.24) is 0 Å². The fourth-order valence-corrected chi connectivity index (χ4v) is 5.11. The summed E-state index contributed by atoms with van der Waals surface area (Å²) in [7, 11) is -10.6. The van der Waals surface area contributed by atoms with Gasteiger partial charge in [0.15, 0.2) is 0 Å². The Morgan fingerprint density at radius 3 is 0.971 bits per heavy atom. The molecule has 0 aliphatic carbocycles. The van der Waals surface area contributed by atoms with Crippen molar-refractivity contribution >= 4 is 20.8 Å². The van der Waals surface area contributed by atoms with Crippen LogP contribution in [0.2, 0.25) is 0 Å². The third-order valence-electron chi connectivity index (χ3n) is 6.11. The van der Waals surface area contributed by atoms with E-state index in [-0.39, 0.29) is 0 Å².